The molecule has 2 saturated heterocycles. The molecule has 2 aliphatic rings. The zero-order valence-electron chi connectivity index (χ0n) is 11.4. The van der Waals surface area contributed by atoms with E-state index in [1.807, 2.05) is 12.4 Å². The number of likely N-dealkylation sites (tertiary alicyclic amines) is 1. The first-order valence-electron chi connectivity index (χ1n) is 7.36. The second-order valence-corrected chi connectivity index (χ2v) is 5.89. The number of piperidine rings is 1. The van der Waals surface area contributed by atoms with Crippen molar-refractivity contribution in [1.29, 1.82) is 0 Å². The zero-order chi connectivity index (χ0) is 13.1. The number of halogens is 1. The molecular weight excluding hydrogens is 258 g/mol. The number of pyridine rings is 1. The molecule has 0 aromatic carbocycles. The summed E-state index contributed by atoms with van der Waals surface area (Å²) >= 11 is 6.02. The average molecular weight is 280 g/mol. The molecule has 104 valence electrons. The Morgan fingerprint density at radius 3 is 2.84 bits per heavy atom. The van der Waals surface area contributed by atoms with Gasteiger partial charge in [0.2, 0.25) is 0 Å². The van der Waals surface area contributed by atoms with E-state index in [2.05, 4.69) is 20.9 Å². The lowest BCUT2D eigenvalue weighted by Gasteiger charge is -2.32. The number of anilines is 1. The third kappa shape index (κ3) is 2.87. The monoisotopic (exact) mass is 279 g/mol. The van der Waals surface area contributed by atoms with Crippen molar-refractivity contribution in [2.45, 2.75) is 37.6 Å². The molecule has 1 unspecified atom stereocenters. The van der Waals surface area contributed by atoms with E-state index in [9.17, 15) is 0 Å². The molecule has 0 saturated carbocycles. The molecular formula is C15H22ClN3. The fraction of sp³-hybridized carbons (Fsp3) is 0.667. The lowest BCUT2D eigenvalue weighted by molar-refractivity contribution is 0.175. The van der Waals surface area contributed by atoms with Crippen molar-refractivity contribution in [1.82, 2.24) is 9.88 Å². The Hall–Kier alpha value is -0.800. The van der Waals surface area contributed by atoms with Crippen LogP contribution in [0.3, 0.4) is 0 Å². The Bertz CT molecular complexity index is 418. The maximum atomic E-state index is 6.02. The molecule has 19 heavy (non-hydrogen) atoms. The van der Waals surface area contributed by atoms with Crippen molar-refractivity contribution in [3.8, 4) is 0 Å². The Kier molecular flexibility index (Phi) is 4.24. The third-order valence-corrected chi connectivity index (χ3v) is 4.72. The van der Waals surface area contributed by atoms with Crippen molar-refractivity contribution >= 4 is 17.3 Å². The highest BCUT2D eigenvalue weighted by Crippen LogP contribution is 2.27. The van der Waals surface area contributed by atoms with E-state index >= 15 is 0 Å². The van der Waals surface area contributed by atoms with Gasteiger partial charge in [-0.2, -0.15) is 0 Å². The van der Waals surface area contributed by atoms with Gasteiger partial charge in [-0.1, -0.05) is 6.42 Å². The van der Waals surface area contributed by atoms with Crippen LogP contribution in [-0.4, -0.2) is 42.1 Å². The molecule has 4 heteroatoms. The topological polar surface area (TPSA) is 19.4 Å². The molecule has 0 aliphatic carbocycles. The molecule has 0 bridgehead atoms. The van der Waals surface area contributed by atoms with Gasteiger partial charge in [0.05, 0.1) is 5.88 Å². The van der Waals surface area contributed by atoms with Crippen molar-refractivity contribution in [2.75, 3.05) is 31.1 Å². The highest BCUT2D eigenvalue weighted by molar-refractivity contribution is 6.17. The number of aromatic nitrogens is 1. The zero-order valence-corrected chi connectivity index (χ0v) is 12.1. The normalized spacial score (nSPS) is 24.9. The summed E-state index contributed by atoms with van der Waals surface area (Å²) in [6.45, 7) is 4.87. The Balaban J connectivity index is 1.67. The fourth-order valence-corrected chi connectivity index (χ4v) is 3.58. The van der Waals surface area contributed by atoms with E-state index in [1.54, 1.807) is 0 Å². The lowest BCUT2D eigenvalue weighted by Crippen LogP contribution is -2.40. The molecule has 3 nitrogen and oxygen atoms in total. The quantitative estimate of drug-likeness (QED) is 0.793. The Morgan fingerprint density at radius 1 is 1.21 bits per heavy atom. The van der Waals surface area contributed by atoms with Crippen LogP contribution in [-0.2, 0) is 5.88 Å². The molecule has 1 aromatic heterocycles. The number of nitrogens with zero attached hydrogens (tertiary/aromatic N) is 3. The van der Waals surface area contributed by atoms with E-state index in [0.717, 1.165) is 24.7 Å². The van der Waals surface area contributed by atoms with Crippen LogP contribution in [0.15, 0.2) is 18.5 Å². The van der Waals surface area contributed by atoms with Crippen LogP contribution in [0.5, 0.6) is 0 Å². The first kappa shape index (κ1) is 13.2. The summed E-state index contributed by atoms with van der Waals surface area (Å²) in [6, 6.07) is 2.84. The van der Waals surface area contributed by atoms with Crippen LogP contribution < -0.4 is 4.90 Å². The predicted octanol–water partition coefficient (Wildman–Crippen LogP) is 2.89. The van der Waals surface area contributed by atoms with Gasteiger partial charge in [0, 0.05) is 42.8 Å². The predicted molar refractivity (Wildman–Crippen MR) is 79.8 cm³/mol. The van der Waals surface area contributed by atoms with Crippen LogP contribution >= 0.6 is 11.6 Å². The largest absolute Gasteiger partial charge is 0.370 e. The van der Waals surface area contributed by atoms with Gasteiger partial charge in [0.1, 0.15) is 0 Å². The highest BCUT2D eigenvalue weighted by atomic mass is 35.5. The van der Waals surface area contributed by atoms with Crippen LogP contribution in [0.25, 0.3) is 0 Å². The molecule has 1 aromatic rings. The molecule has 0 amide bonds. The van der Waals surface area contributed by atoms with Crippen molar-refractivity contribution in [3.63, 3.8) is 0 Å². The minimum atomic E-state index is 0.550. The van der Waals surface area contributed by atoms with Crippen molar-refractivity contribution < 1.29 is 0 Å². The maximum absolute atomic E-state index is 6.02. The summed E-state index contributed by atoms with van der Waals surface area (Å²) < 4.78 is 0. The first-order valence-corrected chi connectivity index (χ1v) is 7.90. The summed E-state index contributed by atoms with van der Waals surface area (Å²) in [7, 11) is 0. The molecule has 2 fully saturated rings. The Labute approximate surface area is 120 Å². The van der Waals surface area contributed by atoms with E-state index in [4.69, 9.17) is 11.6 Å². The van der Waals surface area contributed by atoms with E-state index in [0.29, 0.717) is 5.88 Å². The van der Waals surface area contributed by atoms with Crippen LogP contribution in [0, 0.1) is 0 Å². The minimum Gasteiger partial charge on any atom is -0.370 e. The SMILES string of the molecule is ClCc1cnccc1N1CCC(N2CCCCC2)C1. The molecule has 2 aliphatic heterocycles. The molecule has 1 atom stereocenters. The van der Waals surface area contributed by atoms with Gasteiger partial charge in [-0.25, -0.2) is 0 Å². The number of hydrogen-bond acceptors (Lipinski definition) is 3. The molecule has 0 radical (unpaired) electrons. The van der Waals surface area contributed by atoms with E-state index in [1.165, 1.54) is 44.5 Å². The maximum Gasteiger partial charge on any atom is 0.0509 e. The molecule has 0 N–H and O–H groups in total. The smallest absolute Gasteiger partial charge is 0.0509 e. The minimum absolute atomic E-state index is 0.550. The summed E-state index contributed by atoms with van der Waals surface area (Å²) in [5.74, 6) is 0.550. The van der Waals surface area contributed by atoms with Gasteiger partial charge < -0.3 is 4.90 Å². The van der Waals surface area contributed by atoms with E-state index in [-0.39, 0.29) is 0 Å². The van der Waals surface area contributed by atoms with Crippen molar-refractivity contribution in [2.24, 2.45) is 0 Å². The number of rotatable bonds is 3. The van der Waals surface area contributed by atoms with Crippen LogP contribution in [0.1, 0.15) is 31.2 Å². The lowest BCUT2D eigenvalue weighted by atomic mass is 10.1. The van der Waals surface area contributed by atoms with E-state index < -0.39 is 0 Å². The second-order valence-electron chi connectivity index (χ2n) is 5.62. The fourth-order valence-electron chi connectivity index (χ4n) is 3.37. The van der Waals surface area contributed by atoms with Crippen LogP contribution in [0.4, 0.5) is 5.69 Å². The van der Waals surface area contributed by atoms with Gasteiger partial charge >= 0.3 is 0 Å². The first-order chi connectivity index (χ1) is 9.38. The second kappa shape index (κ2) is 6.10. The average Bonchev–Trinajstić information content (AvgIpc) is 2.98. The number of alkyl halides is 1. The summed E-state index contributed by atoms with van der Waals surface area (Å²) in [6.07, 6.45) is 9.21. The summed E-state index contributed by atoms with van der Waals surface area (Å²) in [5.41, 5.74) is 2.44. The highest BCUT2D eigenvalue weighted by Gasteiger charge is 2.29. The molecule has 3 rings (SSSR count). The van der Waals surface area contributed by atoms with Gasteiger partial charge in [-0.15, -0.1) is 11.6 Å². The van der Waals surface area contributed by atoms with Gasteiger partial charge in [0.15, 0.2) is 0 Å². The number of hydrogen-bond donors (Lipinski definition) is 0. The summed E-state index contributed by atoms with van der Waals surface area (Å²) in [4.78, 5) is 9.35. The summed E-state index contributed by atoms with van der Waals surface area (Å²) in [5, 5.41) is 0. The van der Waals surface area contributed by atoms with Gasteiger partial charge in [-0.05, 0) is 38.4 Å². The third-order valence-electron chi connectivity index (χ3n) is 4.43. The molecule has 3 heterocycles. The van der Waals surface area contributed by atoms with Gasteiger partial charge in [0.25, 0.3) is 0 Å². The van der Waals surface area contributed by atoms with Crippen molar-refractivity contribution in [3.05, 3.63) is 24.0 Å². The standard InChI is InChI=1S/C15H22ClN3/c16-10-13-11-17-6-4-15(13)19-9-5-14(12-19)18-7-2-1-3-8-18/h4,6,11,14H,1-3,5,7-10,12H2. The van der Waals surface area contributed by atoms with Gasteiger partial charge in [-0.3, -0.25) is 9.88 Å². The Morgan fingerprint density at radius 2 is 2.05 bits per heavy atom. The molecule has 0 spiro atoms. The van der Waals surface area contributed by atoms with Crippen LogP contribution in [0.2, 0.25) is 0 Å².